The van der Waals surface area contributed by atoms with E-state index in [1.54, 1.807) is 6.92 Å². The average molecular weight is 521 g/mol. The summed E-state index contributed by atoms with van der Waals surface area (Å²) in [6.07, 6.45) is 3.66. The second-order valence-corrected chi connectivity index (χ2v) is 10.8. The molecule has 1 fully saturated rings. The number of ether oxygens (including phenoxy) is 2. The van der Waals surface area contributed by atoms with E-state index < -0.39 is 28.7 Å². The molecule has 2 atom stereocenters. The molecule has 0 aromatic heterocycles. The van der Waals surface area contributed by atoms with Gasteiger partial charge < -0.3 is 20.1 Å². The Balaban J connectivity index is 2.19. The number of benzene rings is 1. The van der Waals surface area contributed by atoms with Gasteiger partial charge in [0.15, 0.2) is 5.12 Å². The van der Waals surface area contributed by atoms with Crippen LogP contribution in [0.15, 0.2) is 24.3 Å². The van der Waals surface area contributed by atoms with Gasteiger partial charge in [0, 0.05) is 13.3 Å². The molecule has 1 aliphatic carbocycles. The molecular weight excluding hydrogens is 480 g/mol. The quantitative estimate of drug-likeness (QED) is 0.381. The molecule has 1 aliphatic rings. The third-order valence-corrected chi connectivity index (χ3v) is 7.47. The number of carbonyl (C=O) groups excluding carboxylic acids is 4. The van der Waals surface area contributed by atoms with Crippen molar-refractivity contribution < 1.29 is 28.7 Å². The number of esters is 1. The summed E-state index contributed by atoms with van der Waals surface area (Å²) in [5.74, 6) is -0.601. The summed E-state index contributed by atoms with van der Waals surface area (Å²) in [6, 6.07) is 6.51. The Labute approximate surface area is 218 Å². The second-order valence-electron chi connectivity index (χ2n) is 9.53. The number of nitrogens with one attached hydrogen (secondary N) is 2. The molecule has 0 heterocycles. The summed E-state index contributed by atoms with van der Waals surface area (Å²) in [7, 11) is 0. The third kappa shape index (κ3) is 8.54. The average Bonchev–Trinajstić information content (AvgIpc) is 3.31. The van der Waals surface area contributed by atoms with E-state index >= 15 is 0 Å². The highest BCUT2D eigenvalue weighted by atomic mass is 32.2. The van der Waals surface area contributed by atoms with Gasteiger partial charge in [-0.05, 0) is 49.8 Å². The zero-order valence-electron chi connectivity index (χ0n) is 22.1. The smallest absolute Gasteiger partial charge is 0.328 e. The van der Waals surface area contributed by atoms with Gasteiger partial charge in [-0.1, -0.05) is 57.5 Å². The lowest BCUT2D eigenvalue weighted by molar-refractivity contribution is -0.148. The SMILES string of the molecule is CCCOc1ccc(C[C@H](NC(=O)C2(NC(=O)[C@@H](SC(C)=O)C(C)C)CCCC2)C(=O)OCC)cc1. The van der Waals surface area contributed by atoms with Crippen molar-refractivity contribution >= 4 is 34.7 Å². The first kappa shape index (κ1) is 29.7. The summed E-state index contributed by atoms with van der Waals surface area (Å²) >= 11 is 0.976. The zero-order chi connectivity index (χ0) is 26.7. The maximum absolute atomic E-state index is 13.6. The van der Waals surface area contributed by atoms with Crippen LogP contribution in [0.1, 0.15) is 72.3 Å². The molecule has 0 unspecified atom stereocenters. The van der Waals surface area contributed by atoms with Crippen molar-refractivity contribution in [3.05, 3.63) is 29.8 Å². The number of hydrogen-bond acceptors (Lipinski definition) is 7. The molecule has 1 aromatic carbocycles. The summed E-state index contributed by atoms with van der Waals surface area (Å²) < 4.78 is 10.9. The van der Waals surface area contributed by atoms with Gasteiger partial charge in [0.25, 0.3) is 0 Å². The largest absolute Gasteiger partial charge is 0.494 e. The van der Waals surface area contributed by atoms with Crippen LogP contribution in [0.3, 0.4) is 0 Å². The fourth-order valence-corrected chi connectivity index (χ4v) is 5.07. The lowest BCUT2D eigenvalue weighted by Gasteiger charge is -2.33. The maximum atomic E-state index is 13.6. The van der Waals surface area contributed by atoms with E-state index in [0.29, 0.717) is 19.4 Å². The summed E-state index contributed by atoms with van der Waals surface area (Å²) in [5.41, 5.74) is -0.274. The number of thioether (sulfide) groups is 1. The first-order chi connectivity index (χ1) is 17.1. The minimum Gasteiger partial charge on any atom is -0.494 e. The van der Waals surface area contributed by atoms with Gasteiger partial charge in [0.1, 0.15) is 17.3 Å². The summed E-state index contributed by atoms with van der Waals surface area (Å²) in [6.45, 7) is 9.73. The van der Waals surface area contributed by atoms with E-state index in [4.69, 9.17) is 9.47 Å². The van der Waals surface area contributed by atoms with Gasteiger partial charge in [-0.3, -0.25) is 14.4 Å². The van der Waals surface area contributed by atoms with Crippen molar-refractivity contribution in [2.75, 3.05) is 13.2 Å². The molecule has 2 N–H and O–H groups in total. The number of rotatable bonds is 13. The van der Waals surface area contributed by atoms with Gasteiger partial charge >= 0.3 is 5.97 Å². The van der Waals surface area contributed by atoms with Crippen molar-refractivity contribution in [3.63, 3.8) is 0 Å². The zero-order valence-corrected chi connectivity index (χ0v) is 22.9. The molecule has 0 aliphatic heterocycles. The van der Waals surface area contributed by atoms with Crippen LogP contribution in [0.5, 0.6) is 5.75 Å². The Morgan fingerprint density at radius 3 is 2.22 bits per heavy atom. The molecule has 2 amide bonds. The van der Waals surface area contributed by atoms with E-state index in [0.717, 1.165) is 42.3 Å². The Hall–Kier alpha value is -2.55. The third-order valence-electron chi connectivity index (χ3n) is 6.12. The van der Waals surface area contributed by atoms with E-state index in [1.165, 1.54) is 6.92 Å². The molecule has 8 nitrogen and oxygen atoms in total. The van der Waals surface area contributed by atoms with E-state index in [-0.39, 0.29) is 30.0 Å². The predicted octanol–water partition coefficient (Wildman–Crippen LogP) is 3.80. The molecule has 2 rings (SSSR count). The van der Waals surface area contributed by atoms with Gasteiger partial charge in [0.05, 0.1) is 18.5 Å². The molecule has 200 valence electrons. The van der Waals surface area contributed by atoms with Crippen LogP contribution in [0.25, 0.3) is 0 Å². The normalized spacial score (nSPS) is 16.2. The van der Waals surface area contributed by atoms with Crippen LogP contribution in [-0.2, 0) is 30.3 Å². The summed E-state index contributed by atoms with van der Waals surface area (Å²) in [4.78, 5) is 51.2. The Morgan fingerprint density at radius 1 is 1.06 bits per heavy atom. The topological polar surface area (TPSA) is 111 Å². The van der Waals surface area contributed by atoms with Crippen molar-refractivity contribution in [1.82, 2.24) is 10.6 Å². The number of carbonyl (C=O) groups is 4. The van der Waals surface area contributed by atoms with Gasteiger partial charge in [0.2, 0.25) is 11.8 Å². The molecule has 1 saturated carbocycles. The Morgan fingerprint density at radius 2 is 1.69 bits per heavy atom. The fourth-order valence-electron chi connectivity index (χ4n) is 4.28. The highest BCUT2D eigenvalue weighted by Gasteiger charge is 2.45. The van der Waals surface area contributed by atoms with Crippen LogP contribution < -0.4 is 15.4 Å². The predicted molar refractivity (Wildman–Crippen MR) is 141 cm³/mol. The van der Waals surface area contributed by atoms with E-state index in [1.807, 2.05) is 45.0 Å². The van der Waals surface area contributed by atoms with Crippen molar-refractivity contribution in [2.45, 2.75) is 90.0 Å². The van der Waals surface area contributed by atoms with Crippen molar-refractivity contribution in [3.8, 4) is 5.75 Å². The van der Waals surface area contributed by atoms with Gasteiger partial charge in [-0.15, -0.1) is 0 Å². The minimum atomic E-state index is -1.12. The Kier molecular flexibility index (Phi) is 11.8. The molecule has 36 heavy (non-hydrogen) atoms. The van der Waals surface area contributed by atoms with Gasteiger partial charge in [-0.2, -0.15) is 0 Å². The number of hydrogen-bond donors (Lipinski definition) is 2. The van der Waals surface area contributed by atoms with Crippen LogP contribution >= 0.6 is 11.8 Å². The molecule has 1 aromatic rings. The van der Waals surface area contributed by atoms with Crippen LogP contribution in [-0.4, -0.2) is 52.9 Å². The van der Waals surface area contributed by atoms with Crippen molar-refractivity contribution in [2.24, 2.45) is 5.92 Å². The summed E-state index contributed by atoms with van der Waals surface area (Å²) in [5, 5.41) is 5.07. The standard InChI is InChI=1S/C27H40N2O6S/c1-6-16-35-21-12-10-20(11-13-21)17-22(25(32)34-7-2)28-26(33)27(14-8-9-15-27)29-24(31)23(18(3)4)36-19(5)30/h10-13,18,22-23H,6-9,14-17H2,1-5H3,(H,28,33)(H,29,31)/t22-,23-/m0/s1. The molecule has 9 heteroatoms. The lowest BCUT2D eigenvalue weighted by atomic mass is 9.94. The van der Waals surface area contributed by atoms with E-state index in [9.17, 15) is 19.2 Å². The first-order valence-electron chi connectivity index (χ1n) is 12.8. The van der Waals surface area contributed by atoms with Crippen LogP contribution in [0.2, 0.25) is 0 Å². The molecule has 0 radical (unpaired) electrons. The molecular formula is C27H40N2O6S. The second kappa shape index (κ2) is 14.3. The lowest BCUT2D eigenvalue weighted by Crippen LogP contribution is -2.61. The molecule has 0 saturated heterocycles. The van der Waals surface area contributed by atoms with Crippen LogP contribution in [0, 0.1) is 5.92 Å². The fraction of sp³-hybridized carbons (Fsp3) is 0.630. The monoisotopic (exact) mass is 520 g/mol. The van der Waals surface area contributed by atoms with Gasteiger partial charge in [-0.25, -0.2) is 4.79 Å². The minimum absolute atomic E-state index is 0.0861. The molecule has 0 bridgehead atoms. The highest BCUT2D eigenvalue weighted by Crippen LogP contribution is 2.32. The maximum Gasteiger partial charge on any atom is 0.328 e. The first-order valence-corrected chi connectivity index (χ1v) is 13.7. The highest BCUT2D eigenvalue weighted by molar-refractivity contribution is 8.14. The number of amides is 2. The molecule has 0 spiro atoms. The van der Waals surface area contributed by atoms with Crippen molar-refractivity contribution in [1.29, 1.82) is 0 Å². The van der Waals surface area contributed by atoms with Crippen LogP contribution in [0.4, 0.5) is 0 Å². The Bertz CT molecular complexity index is 896. The van der Waals surface area contributed by atoms with E-state index in [2.05, 4.69) is 10.6 Å².